The lowest BCUT2D eigenvalue weighted by molar-refractivity contribution is -0.161. The molecule has 0 aliphatic rings. The van der Waals surface area contributed by atoms with Gasteiger partial charge in [-0.2, -0.15) is 0 Å². The third-order valence-electron chi connectivity index (χ3n) is 17.8. The van der Waals surface area contributed by atoms with E-state index < -0.39 is 97.5 Å². The molecule has 17 nitrogen and oxygen atoms in total. The van der Waals surface area contributed by atoms with Crippen LogP contribution in [0.15, 0.2) is 0 Å². The summed E-state index contributed by atoms with van der Waals surface area (Å²) in [4.78, 5) is 72.7. The number of aliphatic hydroxyl groups excluding tert-OH is 1. The van der Waals surface area contributed by atoms with Crippen molar-refractivity contribution in [3.05, 3.63) is 0 Å². The molecule has 552 valence electrons. The Kier molecular flexibility index (Phi) is 62.2. The Hall–Kier alpha value is -1.94. The lowest BCUT2D eigenvalue weighted by atomic mass is 9.99. The van der Waals surface area contributed by atoms with Gasteiger partial charge in [-0.05, 0) is 49.4 Å². The predicted molar refractivity (Wildman–Crippen MR) is 377 cm³/mol. The highest BCUT2D eigenvalue weighted by molar-refractivity contribution is 7.47. The molecule has 0 aromatic carbocycles. The highest BCUT2D eigenvalue weighted by atomic mass is 31.2. The molecule has 19 heteroatoms. The van der Waals surface area contributed by atoms with Crippen LogP contribution >= 0.6 is 15.6 Å². The first-order valence-corrected chi connectivity index (χ1v) is 41.3. The number of esters is 4. The molecule has 0 aliphatic heterocycles. The quantitative estimate of drug-likeness (QED) is 0.0222. The van der Waals surface area contributed by atoms with Crippen LogP contribution in [0.5, 0.6) is 0 Å². The number of phosphoric ester groups is 2. The van der Waals surface area contributed by atoms with E-state index in [4.69, 9.17) is 37.0 Å². The number of rotatable bonds is 71. The lowest BCUT2D eigenvalue weighted by Gasteiger charge is -2.21. The monoisotopic (exact) mass is 1370 g/mol. The normalized spacial score (nSPS) is 14.8. The van der Waals surface area contributed by atoms with Crippen LogP contribution in [0.1, 0.15) is 370 Å². The standard InChI is InChI=1S/C74H144O17P2/c1-9-66(7)52-44-36-28-22-19-20-24-30-40-48-56-73(78)90-70(61-85-72(77)55-47-39-33-32-37-45-53-67(8)10-2)63-89-93(82,83)87-59-68(75)58-86-92(80,81)88-62-69(91-74(79)57-49-41-31-25-27-35-43-51-65(5)6)60-84-71(76)54-46-38-29-23-18-16-14-12-11-13-15-17-21-26-34-42-50-64(3)4/h64-70,75H,9-63H2,1-8H3,(H,80,81)(H,82,83)/t66?,67?,68-,69-,70-/m1/s1. The number of phosphoric acid groups is 2. The van der Waals surface area contributed by atoms with Gasteiger partial charge >= 0.3 is 39.5 Å². The third kappa shape index (κ3) is 65.8. The third-order valence-corrected chi connectivity index (χ3v) is 19.7. The average molecular weight is 1370 g/mol. The molecular weight excluding hydrogens is 1220 g/mol. The molecule has 4 unspecified atom stereocenters. The Morgan fingerprint density at radius 2 is 0.516 bits per heavy atom. The van der Waals surface area contributed by atoms with E-state index >= 15 is 0 Å². The first-order valence-electron chi connectivity index (χ1n) is 38.3. The molecule has 0 amide bonds. The van der Waals surface area contributed by atoms with E-state index in [-0.39, 0.29) is 25.7 Å². The van der Waals surface area contributed by atoms with E-state index in [1.54, 1.807) is 0 Å². The maximum atomic E-state index is 13.0. The molecule has 0 aromatic rings. The van der Waals surface area contributed by atoms with Crippen LogP contribution in [0.2, 0.25) is 0 Å². The molecule has 0 rings (SSSR count). The lowest BCUT2D eigenvalue weighted by Crippen LogP contribution is -2.30. The second-order valence-corrected chi connectivity index (χ2v) is 31.0. The van der Waals surface area contributed by atoms with Crippen LogP contribution in [0.25, 0.3) is 0 Å². The molecule has 0 saturated heterocycles. The molecule has 0 aromatic heterocycles. The minimum Gasteiger partial charge on any atom is -0.462 e. The van der Waals surface area contributed by atoms with Gasteiger partial charge in [0.05, 0.1) is 26.4 Å². The van der Waals surface area contributed by atoms with Crippen molar-refractivity contribution >= 4 is 39.5 Å². The molecule has 0 heterocycles. The van der Waals surface area contributed by atoms with Gasteiger partial charge in [-0.15, -0.1) is 0 Å². The fourth-order valence-corrected chi connectivity index (χ4v) is 12.7. The van der Waals surface area contributed by atoms with E-state index in [2.05, 4.69) is 55.4 Å². The summed E-state index contributed by atoms with van der Waals surface area (Å²) in [5.41, 5.74) is 0. The van der Waals surface area contributed by atoms with Crippen LogP contribution < -0.4 is 0 Å². The van der Waals surface area contributed by atoms with Crippen molar-refractivity contribution in [1.29, 1.82) is 0 Å². The summed E-state index contributed by atoms with van der Waals surface area (Å²) in [6.45, 7) is 14.1. The van der Waals surface area contributed by atoms with Gasteiger partial charge in [-0.1, -0.05) is 319 Å². The summed E-state index contributed by atoms with van der Waals surface area (Å²) in [5.74, 6) is 0.915. The van der Waals surface area contributed by atoms with E-state index in [0.29, 0.717) is 31.6 Å². The second kappa shape index (κ2) is 63.5. The highest BCUT2D eigenvalue weighted by Crippen LogP contribution is 2.45. The smallest absolute Gasteiger partial charge is 0.462 e. The maximum absolute atomic E-state index is 13.0. The molecule has 0 radical (unpaired) electrons. The molecule has 7 atom stereocenters. The molecule has 3 N–H and O–H groups in total. The van der Waals surface area contributed by atoms with Crippen LogP contribution in [-0.2, 0) is 65.4 Å². The largest absolute Gasteiger partial charge is 0.472 e. The summed E-state index contributed by atoms with van der Waals surface area (Å²) in [5, 5.41) is 10.6. The second-order valence-electron chi connectivity index (χ2n) is 28.1. The molecule has 0 spiro atoms. The Bertz CT molecular complexity index is 1840. The summed E-state index contributed by atoms with van der Waals surface area (Å²) in [7, 11) is -9.91. The zero-order chi connectivity index (χ0) is 68.9. The number of ether oxygens (including phenoxy) is 4. The topological polar surface area (TPSA) is 237 Å². The SMILES string of the molecule is CCC(C)CCCCCCCCCCCCC(=O)O[C@H](COC(=O)CCCCCCCCC(C)CC)COP(=O)(O)OC[C@H](O)COP(=O)(O)OC[C@@H](COC(=O)CCCCCCCCCCCCCCCCCCC(C)C)OC(=O)CCCCCCCCCC(C)C. The fourth-order valence-electron chi connectivity index (χ4n) is 11.1. The Morgan fingerprint density at radius 1 is 0.301 bits per heavy atom. The van der Waals surface area contributed by atoms with Crippen LogP contribution in [0.4, 0.5) is 0 Å². The van der Waals surface area contributed by atoms with Gasteiger partial charge in [0.15, 0.2) is 12.2 Å². The Morgan fingerprint density at radius 3 is 0.763 bits per heavy atom. The summed E-state index contributed by atoms with van der Waals surface area (Å²) in [6, 6.07) is 0. The predicted octanol–water partition coefficient (Wildman–Crippen LogP) is 21.3. The minimum atomic E-state index is -4.95. The summed E-state index contributed by atoms with van der Waals surface area (Å²) in [6.07, 6.45) is 47.3. The first kappa shape index (κ1) is 91.1. The zero-order valence-electron chi connectivity index (χ0n) is 60.9. The zero-order valence-corrected chi connectivity index (χ0v) is 62.7. The Labute approximate surface area is 568 Å². The van der Waals surface area contributed by atoms with Gasteiger partial charge in [0.2, 0.25) is 0 Å². The Balaban J connectivity index is 5.19. The van der Waals surface area contributed by atoms with Crippen molar-refractivity contribution in [2.24, 2.45) is 23.7 Å². The van der Waals surface area contributed by atoms with Gasteiger partial charge in [0, 0.05) is 25.7 Å². The van der Waals surface area contributed by atoms with Crippen molar-refractivity contribution in [3.8, 4) is 0 Å². The first-order chi connectivity index (χ1) is 44.7. The van der Waals surface area contributed by atoms with Crippen molar-refractivity contribution in [2.45, 2.75) is 388 Å². The van der Waals surface area contributed by atoms with Gasteiger partial charge in [0.25, 0.3) is 0 Å². The molecule has 0 bridgehead atoms. The molecule has 0 aliphatic carbocycles. The fraction of sp³-hybridized carbons (Fsp3) is 0.946. The van der Waals surface area contributed by atoms with Gasteiger partial charge in [-0.25, -0.2) is 9.13 Å². The number of hydrogen-bond acceptors (Lipinski definition) is 15. The molecule has 93 heavy (non-hydrogen) atoms. The van der Waals surface area contributed by atoms with Crippen molar-refractivity contribution in [1.82, 2.24) is 0 Å². The van der Waals surface area contributed by atoms with Gasteiger partial charge < -0.3 is 33.8 Å². The highest BCUT2D eigenvalue weighted by Gasteiger charge is 2.30. The van der Waals surface area contributed by atoms with Crippen LogP contribution in [-0.4, -0.2) is 96.7 Å². The molecular formula is C74H144O17P2. The average Bonchev–Trinajstić information content (AvgIpc) is 2.08. The number of aliphatic hydroxyl groups is 1. The molecule has 0 fully saturated rings. The summed E-state index contributed by atoms with van der Waals surface area (Å²) >= 11 is 0. The van der Waals surface area contributed by atoms with E-state index in [9.17, 15) is 43.2 Å². The number of carbonyl (C=O) groups excluding carboxylic acids is 4. The van der Waals surface area contributed by atoms with E-state index in [1.165, 1.54) is 167 Å². The van der Waals surface area contributed by atoms with E-state index in [0.717, 1.165) is 114 Å². The van der Waals surface area contributed by atoms with Gasteiger partial charge in [0.1, 0.15) is 19.3 Å². The van der Waals surface area contributed by atoms with Crippen LogP contribution in [0, 0.1) is 23.7 Å². The van der Waals surface area contributed by atoms with Gasteiger partial charge in [-0.3, -0.25) is 37.3 Å². The van der Waals surface area contributed by atoms with Crippen molar-refractivity contribution < 1.29 is 80.2 Å². The molecule has 0 saturated carbocycles. The van der Waals surface area contributed by atoms with Crippen molar-refractivity contribution in [3.63, 3.8) is 0 Å². The van der Waals surface area contributed by atoms with Crippen LogP contribution in [0.3, 0.4) is 0 Å². The summed E-state index contributed by atoms with van der Waals surface area (Å²) < 4.78 is 68.4. The number of hydrogen-bond donors (Lipinski definition) is 3. The van der Waals surface area contributed by atoms with Crippen molar-refractivity contribution in [2.75, 3.05) is 39.6 Å². The number of unbranched alkanes of at least 4 members (excludes halogenated alkanes) is 35. The van der Waals surface area contributed by atoms with E-state index in [1.807, 2.05) is 0 Å². The minimum absolute atomic E-state index is 0.103. The number of carbonyl (C=O) groups is 4. The maximum Gasteiger partial charge on any atom is 0.472 e.